The lowest BCUT2D eigenvalue weighted by Crippen LogP contribution is -2.66. The molecule has 2 aromatic carbocycles. The smallest absolute Gasteiger partial charge is 0.408 e. The fourth-order valence-electron chi connectivity index (χ4n) is 3.28. The normalized spacial score (nSPS) is 13.8. The highest BCUT2D eigenvalue weighted by atomic mass is 19.3. The molecule has 0 aliphatic carbocycles. The largest absolute Gasteiger partial charge is 0.445 e. The summed E-state index contributed by atoms with van der Waals surface area (Å²) < 4.78 is 34.0. The fraction of sp³-hybridized carbons (Fsp3) is 0.375. The summed E-state index contributed by atoms with van der Waals surface area (Å²) in [5.41, 5.74) is 3.72. The zero-order valence-electron chi connectivity index (χ0n) is 18.6. The molecule has 2 rings (SSSR count). The van der Waals surface area contributed by atoms with Crippen LogP contribution in [0.4, 0.5) is 13.6 Å². The predicted molar refractivity (Wildman–Crippen MR) is 119 cm³/mol. The van der Waals surface area contributed by atoms with Crippen LogP contribution in [-0.4, -0.2) is 35.9 Å². The highest BCUT2D eigenvalue weighted by molar-refractivity contribution is 5.94. The molecule has 0 spiro atoms. The third kappa shape index (κ3) is 7.55. The van der Waals surface area contributed by atoms with E-state index in [1.54, 1.807) is 74.5 Å². The van der Waals surface area contributed by atoms with Crippen molar-refractivity contribution in [1.82, 2.24) is 10.6 Å². The predicted octanol–water partition coefficient (Wildman–Crippen LogP) is 3.18. The summed E-state index contributed by atoms with van der Waals surface area (Å²) in [6.07, 6.45) is -4.87. The Balaban J connectivity index is 2.30. The number of amides is 3. The van der Waals surface area contributed by atoms with E-state index in [4.69, 9.17) is 10.5 Å². The van der Waals surface area contributed by atoms with Gasteiger partial charge in [-0.25, -0.2) is 13.6 Å². The molecule has 0 fully saturated rings. The highest BCUT2D eigenvalue weighted by Gasteiger charge is 2.50. The Bertz CT molecular complexity index is 926. The second kappa shape index (κ2) is 11.9. The van der Waals surface area contributed by atoms with Gasteiger partial charge in [-0.3, -0.25) is 9.59 Å². The summed E-state index contributed by atoms with van der Waals surface area (Å²) in [5.74, 6) is -2.12. The Kier molecular flexibility index (Phi) is 9.32. The van der Waals surface area contributed by atoms with Gasteiger partial charge in [-0.1, -0.05) is 74.5 Å². The number of hydrogen-bond donors (Lipinski definition) is 3. The topological polar surface area (TPSA) is 111 Å². The minimum atomic E-state index is -3.31. The van der Waals surface area contributed by atoms with Crippen LogP contribution in [-0.2, 0) is 27.4 Å². The summed E-state index contributed by atoms with van der Waals surface area (Å²) in [6, 6.07) is 15.5. The maximum atomic E-state index is 14.5. The number of rotatable bonds is 11. The van der Waals surface area contributed by atoms with Crippen molar-refractivity contribution in [2.45, 2.75) is 51.3 Å². The zero-order valence-corrected chi connectivity index (χ0v) is 18.6. The van der Waals surface area contributed by atoms with Crippen molar-refractivity contribution in [1.29, 1.82) is 0 Å². The molecular formula is C24H29F2N3O4. The second-order valence-corrected chi connectivity index (χ2v) is 8.18. The highest BCUT2D eigenvalue weighted by Crippen LogP contribution is 2.24. The molecule has 7 nitrogen and oxygen atoms in total. The number of ether oxygens (including phenoxy) is 1. The van der Waals surface area contributed by atoms with E-state index >= 15 is 0 Å². The van der Waals surface area contributed by atoms with Crippen molar-refractivity contribution in [3.05, 3.63) is 71.8 Å². The molecule has 0 saturated carbocycles. The quantitative estimate of drug-likeness (QED) is 0.477. The minimum Gasteiger partial charge on any atom is -0.445 e. The van der Waals surface area contributed by atoms with Crippen LogP contribution in [0, 0.1) is 5.92 Å². The molecule has 33 heavy (non-hydrogen) atoms. The van der Waals surface area contributed by atoms with Crippen molar-refractivity contribution in [2.75, 3.05) is 0 Å². The Labute approximate surface area is 191 Å². The summed E-state index contributed by atoms with van der Waals surface area (Å²) in [5, 5.41) is 4.38. The van der Waals surface area contributed by atoms with Crippen molar-refractivity contribution in [3.8, 4) is 0 Å². The van der Waals surface area contributed by atoms with Crippen LogP contribution in [0.3, 0.4) is 0 Å². The summed E-state index contributed by atoms with van der Waals surface area (Å²) in [6.45, 7) is 3.42. The molecule has 0 heterocycles. The molecule has 178 valence electrons. The molecular weight excluding hydrogens is 432 g/mol. The third-order valence-corrected chi connectivity index (χ3v) is 5.00. The number of carbonyl (C=O) groups excluding carboxylic acids is 3. The molecule has 0 aromatic heterocycles. The Hall–Kier alpha value is -3.49. The number of nitrogens with two attached hydrogens (primary N) is 1. The van der Waals surface area contributed by atoms with E-state index in [0.717, 1.165) is 0 Å². The lowest BCUT2D eigenvalue weighted by Gasteiger charge is -2.33. The number of primary amides is 1. The van der Waals surface area contributed by atoms with Crippen LogP contribution < -0.4 is 16.4 Å². The molecule has 4 N–H and O–H groups in total. The van der Waals surface area contributed by atoms with Gasteiger partial charge in [0.25, 0.3) is 12.3 Å². The van der Waals surface area contributed by atoms with E-state index < -0.39 is 42.3 Å². The molecule has 1 unspecified atom stereocenters. The molecule has 0 aliphatic rings. The van der Waals surface area contributed by atoms with Crippen LogP contribution in [0.2, 0.25) is 0 Å². The number of nitrogens with one attached hydrogen (secondary N) is 2. The Morgan fingerprint density at radius 1 is 0.970 bits per heavy atom. The Morgan fingerprint density at radius 2 is 1.52 bits per heavy atom. The van der Waals surface area contributed by atoms with Gasteiger partial charge in [0.2, 0.25) is 5.91 Å². The van der Waals surface area contributed by atoms with Gasteiger partial charge in [0.05, 0.1) is 0 Å². The maximum absolute atomic E-state index is 14.5. The molecule has 0 aliphatic heterocycles. The minimum absolute atomic E-state index is 0.0401. The van der Waals surface area contributed by atoms with Crippen molar-refractivity contribution in [3.63, 3.8) is 0 Å². The zero-order chi connectivity index (χ0) is 24.4. The number of halogens is 2. The SMILES string of the molecule is CC(C)C[C@H](NC(=O)C(Cc1ccccc1)(NC(=O)OCc1ccccc1)C(F)F)C(N)=O. The van der Waals surface area contributed by atoms with Gasteiger partial charge >= 0.3 is 6.09 Å². The van der Waals surface area contributed by atoms with E-state index in [1.165, 1.54) is 0 Å². The number of hydrogen-bond acceptors (Lipinski definition) is 4. The van der Waals surface area contributed by atoms with Gasteiger partial charge in [0, 0.05) is 6.42 Å². The average molecular weight is 462 g/mol. The molecule has 2 aromatic rings. The maximum Gasteiger partial charge on any atom is 0.408 e. The fourth-order valence-corrected chi connectivity index (χ4v) is 3.28. The van der Waals surface area contributed by atoms with Crippen LogP contribution in [0.1, 0.15) is 31.4 Å². The van der Waals surface area contributed by atoms with E-state index in [9.17, 15) is 23.2 Å². The van der Waals surface area contributed by atoms with Gasteiger partial charge < -0.3 is 21.1 Å². The van der Waals surface area contributed by atoms with Crippen LogP contribution in [0.5, 0.6) is 0 Å². The van der Waals surface area contributed by atoms with E-state index in [1.807, 2.05) is 0 Å². The molecule has 9 heteroatoms. The number of alkyl halides is 2. The van der Waals surface area contributed by atoms with Gasteiger partial charge in [-0.05, 0) is 23.5 Å². The Morgan fingerprint density at radius 3 is 2.00 bits per heavy atom. The molecule has 0 radical (unpaired) electrons. The van der Waals surface area contributed by atoms with E-state index in [0.29, 0.717) is 11.1 Å². The summed E-state index contributed by atoms with van der Waals surface area (Å²) >= 11 is 0. The number of benzene rings is 2. The lowest BCUT2D eigenvalue weighted by atomic mass is 9.89. The summed E-state index contributed by atoms with van der Waals surface area (Å²) in [7, 11) is 0. The van der Waals surface area contributed by atoms with Gasteiger partial charge in [0.1, 0.15) is 12.6 Å². The monoisotopic (exact) mass is 461 g/mol. The van der Waals surface area contributed by atoms with Crippen molar-refractivity contribution >= 4 is 17.9 Å². The first kappa shape index (κ1) is 25.8. The van der Waals surface area contributed by atoms with Crippen LogP contribution >= 0.6 is 0 Å². The molecule has 2 atom stereocenters. The average Bonchev–Trinajstić information content (AvgIpc) is 2.77. The molecule has 0 saturated heterocycles. The lowest BCUT2D eigenvalue weighted by molar-refractivity contribution is -0.137. The van der Waals surface area contributed by atoms with Crippen molar-refractivity contribution in [2.24, 2.45) is 11.7 Å². The standard InChI is InChI=1S/C24H29F2N3O4/c1-16(2)13-19(20(27)30)28-22(31)24(21(25)26,14-17-9-5-3-6-10-17)29-23(32)33-15-18-11-7-4-8-12-18/h3-12,16,19,21H,13-15H2,1-2H3,(H2,27,30)(H,28,31)(H,29,32)/t19-,24?/m0/s1. The number of alkyl carbamates (subject to hydrolysis) is 1. The van der Waals surface area contributed by atoms with Gasteiger partial charge in [-0.2, -0.15) is 0 Å². The van der Waals surface area contributed by atoms with Crippen LogP contribution in [0.15, 0.2) is 60.7 Å². The van der Waals surface area contributed by atoms with E-state index in [2.05, 4.69) is 10.6 Å². The van der Waals surface area contributed by atoms with E-state index in [-0.39, 0.29) is 18.9 Å². The first-order chi connectivity index (χ1) is 15.6. The second-order valence-electron chi connectivity index (χ2n) is 8.18. The van der Waals surface area contributed by atoms with Crippen LogP contribution in [0.25, 0.3) is 0 Å². The third-order valence-electron chi connectivity index (χ3n) is 5.00. The number of carbonyl (C=O) groups is 3. The van der Waals surface area contributed by atoms with Gasteiger partial charge in [-0.15, -0.1) is 0 Å². The van der Waals surface area contributed by atoms with Gasteiger partial charge in [0.15, 0.2) is 5.54 Å². The van der Waals surface area contributed by atoms with Crippen molar-refractivity contribution < 1.29 is 27.9 Å². The first-order valence-corrected chi connectivity index (χ1v) is 10.5. The summed E-state index contributed by atoms with van der Waals surface area (Å²) in [4.78, 5) is 37.5. The molecule has 0 bridgehead atoms. The molecule has 3 amide bonds. The first-order valence-electron chi connectivity index (χ1n) is 10.5.